The molecule has 0 aromatic carbocycles. The number of morpholine rings is 1. The smallest absolute Gasteiger partial charge is 0.244 e. The fraction of sp³-hybridized carbons (Fsp3) is 0.400. The van der Waals surface area contributed by atoms with Gasteiger partial charge in [0.15, 0.2) is 0 Å². The number of amidine groups is 1. The van der Waals surface area contributed by atoms with Gasteiger partial charge >= 0.3 is 0 Å². The van der Waals surface area contributed by atoms with Gasteiger partial charge in [0, 0.05) is 25.5 Å². The number of hydrogen-bond acceptors (Lipinski definition) is 5. The third-order valence-corrected chi connectivity index (χ3v) is 4.50. The molecule has 0 radical (unpaired) electrons. The number of ether oxygens (including phenoxy) is 1. The summed E-state index contributed by atoms with van der Waals surface area (Å²) in [5.41, 5.74) is 5.34. The zero-order chi connectivity index (χ0) is 13.2. The average molecular weight is 270 g/mol. The van der Waals surface area contributed by atoms with Gasteiger partial charge in [-0.25, -0.2) is 8.42 Å². The van der Waals surface area contributed by atoms with Crippen LogP contribution >= 0.6 is 0 Å². The first-order valence-electron chi connectivity index (χ1n) is 5.37. The standard InChI is InChI=1S/C10H14N4O3S/c11-10(12)9-7-14(4-5-17-9)18(15,16)8-2-1-3-13-6-8/h1-3,6,9H,4-5,7H2,(H3,11,12). The minimum atomic E-state index is -3.59. The molecule has 0 bridgehead atoms. The van der Waals surface area contributed by atoms with Crippen molar-refractivity contribution in [3.05, 3.63) is 24.5 Å². The predicted molar refractivity (Wildman–Crippen MR) is 64.6 cm³/mol. The Bertz CT molecular complexity index is 531. The zero-order valence-electron chi connectivity index (χ0n) is 9.61. The Morgan fingerprint density at radius 2 is 2.39 bits per heavy atom. The van der Waals surface area contributed by atoms with E-state index in [-0.39, 0.29) is 30.4 Å². The normalized spacial score (nSPS) is 21.7. The van der Waals surface area contributed by atoms with Gasteiger partial charge in [-0.2, -0.15) is 4.31 Å². The molecule has 0 aliphatic carbocycles. The molecule has 1 aliphatic rings. The molecule has 1 aliphatic heterocycles. The molecule has 0 amide bonds. The van der Waals surface area contributed by atoms with Crippen LogP contribution in [0.1, 0.15) is 0 Å². The Labute approximate surface area is 105 Å². The van der Waals surface area contributed by atoms with Crippen molar-refractivity contribution in [3.8, 4) is 0 Å². The van der Waals surface area contributed by atoms with Crippen LogP contribution < -0.4 is 5.73 Å². The van der Waals surface area contributed by atoms with E-state index in [4.69, 9.17) is 15.9 Å². The van der Waals surface area contributed by atoms with E-state index in [2.05, 4.69) is 4.98 Å². The topological polar surface area (TPSA) is 109 Å². The van der Waals surface area contributed by atoms with Crippen LogP contribution in [0.3, 0.4) is 0 Å². The fourth-order valence-corrected chi connectivity index (χ4v) is 3.07. The number of rotatable bonds is 3. The summed E-state index contributed by atoms with van der Waals surface area (Å²) in [5, 5.41) is 7.31. The van der Waals surface area contributed by atoms with Crippen LogP contribution in [-0.4, -0.2) is 49.3 Å². The Morgan fingerprint density at radius 1 is 1.61 bits per heavy atom. The summed E-state index contributed by atoms with van der Waals surface area (Å²) in [6, 6.07) is 3.05. The fourth-order valence-electron chi connectivity index (χ4n) is 1.68. The summed E-state index contributed by atoms with van der Waals surface area (Å²) >= 11 is 0. The highest BCUT2D eigenvalue weighted by Gasteiger charge is 2.31. The summed E-state index contributed by atoms with van der Waals surface area (Å²) < 4.78 is 31.0. The molecule has 98 valence electrons. The number of nitrogens with zero attached hydrogens (tertiary/aromatic N) is 2. The second kappa shape index (κ2) is 5.01. The lowest BCUT2D eigenvalue weighted by atomic mass is 10.3. The zero-order valence-corrected chi connectivity index (χ0v) is 10.4. The maximum atomic E-state index is 12.3. The maximum Gasteiger partial charge on any atom is 0.244 e. The monoisotopic (exact) mass is 270 g/mol. The van der Waals surface area contributed by atoms with Gasteiger partial charge in [-0.3, -0.25) is 10.4 Å². The van der Waals surface area contributed by atoms with Gasteiger partial charge in [0.1, 0.15) is 16.8 Å². The van der Waals surface area contributed by atoms with Gasteiger partial charge in [0.05, 0.1) is 6.61 Å². The molecule has 18 heavy (non-hydrogen) atoms. The molecular weight excluding hydrogens is 256 g/mol. The van der Waals surface area contributed by atoms with E-state index < -0.39 is 16.1 Å². The lowest BCUT2D eigenvalue weighted by Crippen LogP contribution is -2.50. The molecule has 2 rings (SSSR count). The first kappa shape index (κ1) is 12.9. The highest BCUT2D eigenvalue weighted by Crippen LogP contribution is 2.17. The second-order valence-electron chi connectivity index (χ2n) is 3.87. The average Bonchev–Trinajstić information content (AvgIpc) is 2.40. The number of pyridine rings is 1. The van der Waals surface area contributed by atoms with E-state index in [1.165, 1.54) is 22.8 Å². The predicted octanol–water partition coefficient (Wildman–Crippen LogP) is -0.593. The van der Waals surface area contributed by atoms with Crippen LogP contribution in [0.5, 0.6) is 0 Å². The Hall–Kier alpha value is -1.51. The molecule has 1 unspecified atom stereocenters. The van der Waals surface area contributed by atoms with Crippen molar-refractivity contribution in [1.29, 1.82) is 5.41 Å². The third-order valence-electron chi connectivity index (χ3n) is 2.65. The number of nitrogens with one attached hydrogen (secondary N) is 1. The number of sulfonamides is 1. The van der Waals surface area contributed by atoms with Crippen molar-refractivity contribution in [2.45, 2.75) is 11.0 Å². The summed E-state index contributed by atoms with van der Waals surface area (Å²) in [7, 11) is -3.59. The van der Waals surface area contributed by atoms with Crippen LogP contribution in [0, 0.1) is 5.41 Å². The van der Waals surface area contributed by atoms with Crippen LogP contribution in [0.2, 0.25) is 0 Å². The summed E-state index contributed by atoms with van der Waals surface area (Å²) in [4.78, 5) is 3.93. The Balaban J connectivity index is 2.23. The Morgan fingerprint density at radius 3 is 3.00 bits per heavy atom. The highest BCUT2D eigenvalue weighted by atomic mass is 32.2. The molecule has 1 fully saturated rings. The Kier molecular flexibility index (Phi) is 3.60. The summed E-state index contributed by atoms with van der Waals surface area (Å²) in [5.74, 6) is -0.166. The highest BCUT2D eigenvalue weighted by molar-refractivity contribution is 7.89. The molecule has 8 heteroatoms. The van der Waals surface area contributed by atoms with E-state index in [0.717, 1.165) is 0 Å². The molecule has 1 atom stereocenters. The molecule has 0 spiro atoms. The minimum absolute atomic E-state index is 0.0621. The van der Waals surface area contributed by atoms with E-state index in [9.17, 15) is 8.42 Å². The van der Waals surface area contributed by atoms with Gasteiger partial charge in [-0.1, -0.05) is 0 Å². The first-order valence-corrected chi connectivity index (χ1v) is 6.81. The van der Waals surface area contributed by atoms with E-state index in [1.54, 1.807) is 6.07 Å². The molecule has 1 aromatic heterocycles. The molecule has 1 saturated heterocycles. The first-order chi connectivity index (χ1) is 8.51. The van der Waals surface area contributed by atoms with Crippen LogP contribution in [0.15, 0.2) is 29.4 Å². The summed E-state index contributed by atoms with van der Waals surface area (Å²) in [6.45, 7) is 0.539. The third kappa shape index (κ3) is 2.50. The molecule has 2 heterocycles. The molecule has 0 saturated carbocycles. The van der Waals surface area contributed by atoms with E-state index >= 15 is 0 Å². The number of aromatic nitrogens is 1. The summed E-state index contributed by atoms with van der Waals surface area (Å²) in [6.07, 6.45) is 2.13. The van der Waals surface area contributed by atoms with Crippen molar-refractivity contribution < 1.29 is 13.2 Å². The molecular formula is C10H14N4O3S. The van der Waals surface area contributed by atoms with Gasteiger partial charge in [-0.15, -0.1) is 0 Å². The van der Waals surface area contributed by atoms with Crippen molar-refractivity contribution in [2.24, 2.45) is 5.73 Å². The van der Waals surface area contributed by atoms with E-state index in [0.29, 0.717) is 0 Å². The SMILES string of the molecule is N=C(N)C1CN(S(=O)(=O)c2cccnc2)CCO1. The van der Waals surface area contributed by atoms with E-state index in [1.807, 2.05) is 0 Å². The number of nitrogens with two attached hydrogens (primary N) is 1. The van der Waals surface area contributed by atoms with Crippen LogP contribution in [0.4, 0.5) is 0 Å². The molecule has 7 nitrogen and oxygen atoms in total. The van der Waals surface area contributed by atoms with Crippen molar-refractivity contribution in [3.63, 3.8) is 0 Å². The van der Waals surface area contributed by atoms with Crippen LogP contribution in [0.25, 0.3) is 0 Å². The van der Waals surface area contributed by atoms with Gasteiger partial charge in [-0.05, 0) is 12.1 Å². The van der Waals surface area contributed by atoms with Crippen molar-refractivity contribution >= 4 is 15.9 Å². The van der Waals surface area contributed by atoms with Crippen LogP contribution in [-0.2, 0) is 14.8 Å². The minimum Gasteiger partial charge on any atom is -0.385 e. The number of hydrogen-bond donors (Lipinski definition) is 2. The maximum absolute atomic E-state index is 12.3. The molecule has 3 N–H and O–H groups in total. The molecule has 1 aromatic rings. The quantitative estimate of drug-likeness (QED) is 0.563. The lowest BCUT2D eigenvalue weighted by Gasteiger charge is -2.31. The van der Waals surface area contributed by atoms with Gasteiger partial charge < -0.3 is 10.5 Å². The van der Waals surface area contributed by atoms with Gasteiger partial charge in [0.2, 0.25) is 10.0 Å². The van der Waals surface area contributed by atoms with Gasteiger partial charge in [0.25, 0.3) is 0 Å². The second-order valence-corrected chi connectivity index (χ2v) is 5.80. The largest absolute Gasteiger partial charge is 0.385 e. The van der Waals surface area contributed by atoms with Crippen molar-refractivity contribution in [2.75, 3.05) is 19.7 Å². The van der Waals surface area contributed by atoms with Crippen molar-refractivity contribution in [1.82, 2.24) is 9.29 Å². The lowest BCUT2D eigenvalue weighted by molar-refractivity contribution is 0.0368.